The molecule has 1 saturated carbocycles. The Labute approximate surface area is 140 Å². The third kappa shape index (κ3) is 3.75. The quantitative estimate of drug-likeness (QED) is 0.782. The van der Waals surface area contributed by atoms with Crippen molar-refractivity contribution in [3.63, 3.8) is 0 Å². The van der Waals surface area contributed by atoms with Gasteiger partial charge in [0.25, 0.3) is 5.91 Å². The molecule has 0 unspecified atom stereocenters. The molecule has 1 amide bonds. The average Bonchev–Trinajstić information content (AvgIpc) is 3.23. The predicted molar refractivity (Wildman–Crippen MR) is 89.4 cm³/mol. The number of hydrogen-bond donors (Lipinski definition) is 0. The second kappa shape index (κ2) is 7.17. The molecule has 2 heterocycles. The molecule has 0 saturated heterocycles. The number of amides is 1. The van der Waals surface area contributed by atoms with Gasteiger partial charge in [-0.25, -0.2) is 4.98 Å². The number of aromatic nitrogens is 2. The lowest BCUT2D eigenvalue weighted by Gasteiger charge is -2.25. The zero-order valence-electron chi connectivity index (χ0n) is 13.5. The van der Waals surface area contributed by atoms with Gasteiger partial charge >= 0.3 is 0 Å². The topological polar surface area (TPSA) is 59.2 Å². The molecule has 1 fully saturated rings. The van der Waals surface area contributed by atoms with Crippen LogP contribution in [0.1, 0.15) is 47.5 Å². The number of thioether (sulfide) groups is 1. The van der Waals surface area contributed by atoms with Crippen molar-refractivity contribution < 1.29 is 9.32 Å². The van der Waals surface area contributed by atoms with E-state index in [1.54, 1.807) is 6.20 Å². The van der Waals surface area contributed by atoms with Crippen LogP contribution in [0.3, 0.4) is 0 Å². The van der Waals surface area contributed by atoms with Crippen LogP contribution in [-0.2, 0) is 5.75 Å². The van der Waals surface area contributed by atoms with Gasteiger partial charge in [-0.3, -0.25) is 4.79 Å². The van der Waals surface area contributed by atoms with E-state index in [1.165, 1.54) is 24.6 Å². The van der Waals surface area contributed by atoms with Gasteiger partial charge in [-0.1, -0.05) is 29.8 Å². The molecule has 0 atom stereocenters. The largest absolute Gasteiger partial charge is 0.361 e. The van der Waals surface area contributed by atoms with Crippen molar-refractivity contribution in [1.29, 1.82) is 0 Å². The van der Waals surface area contributed by atoms with Gasteiger partial charge in [0.05, 0.1) is 11.3 Å². The van der Waals surface area contributed by atoms with Crippen LogP contribution in [0.25, 0.3) is 0 Å². The van der Waals surface area contributed by atoms with Gasteiger partial charge in [0.1, 0.15) is 10.8 Å². The first kappa shape index (κ1) is 16.1. The van der Waals surface area contributed by atoms with Crippen molar-refractivity contribution in [2.24, 2.45) is 0 Å². The molecule has 0 spiro atoms. The van der Waals surface area contributed by atoms with E-state index in [4.69, 9.17) is 4.52 Å². The molecule has 1 aliphatic rings. The molecule has 23 heavy (non-hydrogen) atoms. The summed E-state index contributed by atoms with van der Waals surface area (Å²) in [7, 11) is 1.90. The second-order valence-electron chi connectivity index (χ2n) is 5.93. The molecular formula is C17H21N3O2S. The van der Waals surface area contributed by atoms with E-state index < -0.39 is 0 Å². The summed E-state index contributed by atoms with van der Waals surface area (Å²) in [5.74, 6) is 1.49. The molecule has 0 bridgehead atoms. The highest BCUT2D eigenvalue weighted by Gasteiger charge is 2.26. The summed E-state index contributed by atoms with van der Waals surface area (Å²) >= 11 is 1.52. The van der Waals surface area contributed by atoms with Crippen molar-refractivity contribution in [2.75, 3.05) is 7.05 Å². The first-order valence-corrected chi connectivity index (χ1v) is 8.91. The maximum absolute atomic E-state index is 12.8. The van der Waals surface area contributed by atoms with E-state index in [9.17, 15) is 4.79 Å². The third-order valence-electron chi connectivity index (χ3n) is 4.23. The van der Waals surface area contributed by atoms with Gasteiger partial charge in [-0.2, -0.15) is 0 Å². The Balaban J connectivity index is 1.72. The van der Waals surface area contributed by atoms with Crippen LogP contribution >= 0.6 is 11.8 Å². The minimum absolute atomic E-state index is 0.0591. The lowest BCUT2D eigenvalue weighted by atomic mass is 10.2. The summed E-state index contributed by atoms with van der Waals surface area (Å²) in [5.41, 5.74) is 1.54. The normalized spacial score (nSPS) is 15.0. The van der Waals surface area contributed by atoms with E-state index in [1.807, 2.05) is 37.1 Å². The summed E-state index contributed by atoms with van der Waals surface area (Å²) in [6.45, 7) is 1.87. The van der Waals surface area contributed by atoms with E-state index >= 15 is 0 Å². The maximum atomic E-state index is 12.8. The summed E-state index contributed by atoms with van der Waals surface area (Å²) in [6.07, 6.45) is 6.35. The van der Waals surface area contributed by atoms with E-state index in [-0.39, 0.29) is 5.91 Å². The minimum atomic E-state index is 0.0591. The van der Waals surface area contributed by atoms with Crippen molar-refractivity contribution in [2.45, 2.75) is 49.4 Å². The minimum Gasteiger partial charge on any atom is -0.361 e. The van der Waals surface area contributed by atoms with Gasteiger partial charge in [-0.15, -0.1) is 0 Å². The van der Waals surface area contributed by atoms with Gasteiger partial charge in [-0.05, 0) is 31.9 Å². The van der Waals surface area contributed by atoms with Crippen molar-refractivity contribution in [3.05, 3.63) is 41.4 Å². The van der Waals surface area contributed by atoms with E-state index in [0.717, 1.165) is 29.3 Å². The van der Waals surface area contributed by atoms with E-state index in [2.05, 4.69) is 10.1 Å². The fourth-order valence-electron chi connectivity index (χ4n) is 2.94. The Morgan fingerprint density at radius 1 is 1.43 bits per heavy atom. The lowest BCUT2D eigenvalue weighted by molar-refractivity contribution is 0.0731. The highest BCUT2D eigenvalue weighted by atomic mass is 32.2. The molecule has 0 N–H and O–H groups in total. The lowest BCUT2D eigenvalue weighted by Crippen LogP contribution is -2.35. The van der Waals surface area contributed by atoms with Crippen LogP contribution in [0, 0.1) is 6.92 Å². The number of aryl methyl sites for hydroxylation is 1. The van der Waals surface area contributed by atoms with Crippen LogP contribution in [-0.4, -0.2) is 34.0 Å². The fourth-order valence-corrected chi connectivity index (χ4v) is 3.81. The zero-order valence-corrected chi connectivity index (χ0v) is 14.3. The molecule has 2 aromatic heterocycles. The van der Waals surface area contributed by atoms with Gasteiger partial charge < -0.3 is 9.42 Å². The molecule has 2 aromatic rings. The van der Waals surface area contributed by atoms with Gasteiger partial charge in [0.15, 0.2) is 0 Å². The van der Waals surface area contributed by atoms with Crippen LogP contribution in [0.15, 0.2) is 33.9 Å². The highest BCUT2D eigenvalue weighted by Crippen LogP contribution is 2.28. The maximum Gasteiger partial charge on any atom is 0.256 e. The number of pyridine rings is 1. The molecule has 3 rings (SSSR count). The Morgan fingerprint density at radius 2 is 2.22 bits per heavy atom. The van der Waals surface area contributed by atoms with Gasteiger partial charge in [0.2, 0.25) is 0 Å². The smallest absolute Gasteiger partial charge is 0.256 e. The zero-order chi connectivity index (χ0) is 16.2. The van der Waals surface area contributed by atoms with E-state index in [0.29, 0.717) is 17.4 Å². The third-order valence-corrected chi connectivity index (χ3v) is 5.27. The van der Waals surface area contributed by atoms with Gasteiger partial charge in [0, 0.05) is 31.1 Å². The molecule has 0 radical (unpaired) electrons. The number of nitrogens with zero attached hydrogens (tertiary/aromatic N) is 3. The summed E-state index contributed by atoms with van der Waals surface area (Å²) in [6, 6.07) is 5.94. The number of carbonyl (C=O) groups is 1. The molecular weight excluding hydrogens is 310 g/mol. The monoisotopic (exact) mass is 331 g/mol. The molecule has 1 aliphatic carbocycles. The van der Waals surface area contributed by atoms with Crippen molar-refractivity contribution in [3.8, 4) is 0 Å². The molecule has 0 aromatic carbocycles. The summed E-state index contributed by atoms with van der Waals surface area (Å²) in [4.78, 5) is 19.1. The first-order valence-electron chi connectivity index (χ1n) is 7.92. The predicted octanol–water partition coefficient (Wildman–Crippen LogP) is 3.68. The van der Waals surface area contributed by atoms with Crippen molar-refractivity contribution >= 4 is 17.7 Å². The fraction of sp³-hybridized carbons (Fsp3) is 0.471. The number of carbonyl (C=O) groups excluding carboxylic acids is 1. The Bertz CT molecular complexity index is 680. The van der Waals surface area contributed by atoms with Crippen LogP contribution in [0.2, 0.25) is 0 Å². The molecule has 6 heteroatoms. The Morgan fingerprint density at radius 3 is 2.91 bits per heavy atom. The molecule has 122 valence electrons. The van der Waals surface area contributed by atoms with Crippen LogP contribution < -0.4 is 0 Å². The number of hydrogen-bond acceptors (Lipinski definition) is 5. The van der Waals surface area contributed by atoms with Crippen LogP contribution in [0.4, 0.5) is 0 Å². The molecule has 0 aliphatic heterocycles. The SMILES string of the molecule is Cc1cc(CSc2ncccc2C(=O)N(C)C2CCCC2)no1. The van der Waals surface area contributed by atoms with Crippen molar-refractivity contribution in [1.82, 2.24) is 15.0 Å². The Hall–Kier alpha value is -1.82. The summed E-state index contributed by atoms with van der Waals surface area (Å²) < 4.78 is 5.08. The van der Waals surface area contributed by atoms with Crippen LogP contribution in [0.5, 0.6) is 0 Å². The first-order chi connectivity index (χ1) is 11.1. The second-order valence-corrected chi connectivity index (χ2v) is 6.89. The summed E-state index contributed by atoms with van der Waals surface area (Å²) in [5, 5.41) is 4.74. The average molecular weight is 331 g/mol. The Kier molecular flexibility index (Phi) is 5.00. The standard InChI is InChI=1S/C17H21N3O2S/c1-12-10-13(19-22-12)11-23-16-15(8-5-9-18-16)17(21)20(2)14-6-3-4-7-14/h5,8-10,14H,3-4,6-7,11H2,1-2H3. The molecule has 5 nitrogen and oxygen atoms in total. The number of rotatable bonds is 5. The highest BCUT2D eigenvalue weighted by molar-refractivity contribution is 7.98.